The van der Waals surface area contributed by atoms with E-state index in [-0.39, 0.29) is 25.2 Å². The van der Waals surface area contributed by atoms with E-state index in [9.17, 15) is 0 Å². The third-order valence-electron chi connectivity index (χ3n) is 3.89. The van der Waals surface area contributed by atoms with E-state index in [1.54, 1.807) is 0 Å². The van der Waals surface area contributed by atoms with Gasteiger partial charge < -0.3 is 21.3 Å². The predicted octanol–water partition coefficient (Wildman–Crippen LogP) is 2.34. The van der Waals surface area contributed by atoms with Gasteiger partial charge in [0.2, 0.25) is 0 Å². The molecule has 4 N–H and O–H groups in total. The van der Waals surface area contributed by atoms with E-state index in [1.807, 2.05) is 0 Å². The molecule has 0 aliphatic carbocycles. The second-order valence-electron chi connectivity index (χ2n) is 5.75. The molecule has 5 nitrogen and oxygen atoms in total. The van der Waals surface area contributed by atoms with Crippen LogP contribution < -0.4 is 21.3 Å². The molecule has 0 amide bonds. The minimum atomic E-state index is 0.00694. The van der Waals surface area contributed by atoms with Crippen molar-refractivity contribution in [2.45, 2.75) is 32.4 Å². The summed E-state index contributed by atoms with van der Waals surface area (Å²) in [5.41, 5.74) is 2.23. The first-order valence-electron chi connectivity index (χ1n) is 8.41. The van der Waals surface area contributed by atoms with Crippen LogP contribution in [0.15, 0.2) is 18.2 Å². The molecule has 1 aliphatic rings. The molecule has 8 heteroatoms. The van der Waals surface area contributed by atoms with Gasteiger partial charge in [0.05, 0.1) is 11.4 Å². The van der Waals surface area contributed by atoms with Gasteiger partial charge in [0.25, 0.3) is 0 Å². The monoisotopic (exact) mass is 416 g/mol. The van der Waals surface area contributed by atoms with Crippen molar-refractivity contribution in [3.05, 3.63) is 29.6 Å². The number of fused-ring (bicyclic) bond motifs is 2. The number of nitrogens with zero attached hydrogens (tertiary/aromatic N) is 1. The standard InChI is InChI=1S/C16H29N5.2ClH.Mn/c1-13-15-5-3-6-16(21-15)14(2)20-12-10-18-8-4-7-17-9-11-19-13;;;/h3,5-6,13-14,17-20H,4,7-12H2,1-2H3;2*1H;/q;;;+2/p-2/t13-,14+;;;. The Bertz CT molecular complexity index is 405. The fourth-order valence-electron chi connectivity index (χ4n) is 2.50. The summed E-state index contributed by atoms with van der Waals surface area (Å²) in [7, 11) is 9.59. The van der Waals surface area contributed by atoms with Crippen LogP contribution in [0.4, 0.5) is 0 Å². The van der Waals surface area contributed by atoms with Crippen molar-refractivity contribution >= 4 is 20.2 Å². The quantitative estimate of drug-likeness (QED) is 0.489. The molecule has 2 atom stereocenters. The molecule has 139 valence electrons. The van der Waals surface area contributed by atoms with E-state index < -0.39 is 0 Å². The molecule has 1 aromatic heterocycles. The molecule has 2 bridgehead atoms. The van der Waals surface area contributed by atoms with Gasteiger partial charge in [-0.2, -0.15) is 0 Å². The number of pyridine rings is 1. The molecule has 0 radical (unpaired) electrons. The van der Waals surface area contributed by atoms with E-state index >= 15 is 0 Å². The zero-order valence-corrected chi connectivity index (χ0v) is 17.1. The number of aromatic nitrogens is 1. The summed E-state index contributed by atoms with van der Waals surface area (Å²) in [6.45, 7) is 10.4. The van der Waals surface area contributed by atoms with Crippen LogP contribution in [0.25, 0.3) is 0 Å². The van der Waals surface area contributed by atoms with E-state index in [2.05, 4.69) is 53.3 Å². The molecular weight excluding hydrogens is 388 g/mol. The van der Waals surface area contributed by atoms with Crippen molar-refractivity contribution in [2.75, 3.05) is 39.3 Å². The molecule has 0 unspecified atom stereocenters. The van der Waals surface area contributed by atoms with Crippen molar-refractivity contribution in [3.63, 3.8) is 0 Å². The first-order chi connectivity index (χ1) is 11.7. The average molecular weight is 417 g/mol. The third kappa shape index (κ3) is 9.54. The summed E-state index contributed by atoms with van der Waals surface area (Å²) in [5.74, 6) is 0. The molecule has 0 aromatic carbocycles. The summed E-state index contributed by atoms with van der Waals surface area (Å²) >= 11 is 0.00694. The molecule has 2 rings (SSSR count). The van der Waals surface area contributed by atoms with Gasteiger partial charge in [-0.05, 0) is 45.5 Å². The minimum absolute atomic E-state index is 0.00694. The topological polar surface area (TPSA) is 61.0 Å². The second-order valence-corrected chi connectivity index (χ2v) is 7.70. The molecular formula is C16H29Cl2MnN5. The Balaban J connectivity index is 0.000000891. The van der Waals surface area contributed by atoms with Gasteiger partial charge in [-0.1, -0.05) is 6.07 Å². The van der Waals surface area contributed by atoms with Crippen LogP contribution in [0.3, 0.4) is 0 Å². The van der Waals surface area contributed by atoms with E-state index in [4.69, 9.17) is 25.2 Å². The predicted molar refractivity (Wildman–Crippen MR) is 99.1 cm³/mol. The molecule has 0 saturated carbocycles. The van der Waals surface area contributed by atoms with Crippen LogP contribution in [0.5, 0.6) is 0 Å². The van der Waals surface area contributed by atoms with Gasteiger partial charge in [0.15, 0.2) is 0 Å². The van der Waals surface area contributed by atoms with Crippen LogP contribution in [0.1, 0.15) is 43.7 Å². The number of nitrogens with one attached hydrogen (secondary N) is 4. The summed E-state index contributed by atoms with van der Waals surface area (Å²) < 4.78 is 0. The second kappa shape index (κ2) is 14.3. The fourth-order valence-corrected chi connectivity index (χ4v) is 2.50. The van der Waals surface area contributed by atoms with Crippen molar-refractivity contribution in [1.82, 2.24) is 26.3 Å². The van der Waals surface area contributed by atoms with Gasteiger partial charge in [-0.25, -0.2) is 0 Å². The fraction of sp³-hybridized carbons (Fsp3) is 0.688. The van der Waals surface area contributed by atoms with E-state index in [0.29, 0.717) is 0 Å². The van der Waals surface area contributed by atoms with E-state index in [0.717, 1.165) is 50.7 Å². The first kappa shape index (κ1) is 22.1. The van der Waals surface area contributed by atoms with Crippen LogP contribution in [-0.4, -0.2) is 44.3 Å². The molecule has 0 saturated heterocycles. The van der Waals surface area contributed by atoms with Gasteiger partial charge in [0, 0.05) is 38.3 Å². The van der Waals surface area contributed by atoms with Gasteiger partial charge >= 0.3 is 33.3 Å². The summed E-state index contributed by atoms with van der Waals surface area (Å²) in [4.78, 5) is 4.80. The molecule has 1 aliphatic heterocycles. The van der Waals surface area contributed by atoms with E-state index in [1.165, 1.54) is 6.42 Å². The van der Waals surface area contributed by atoms with Crippen LogP contribution in [0, 0.1) is 0 Å². The zero-order chi connectivity index (χ0) is 17.6. The van der Waals surface area contributed by atoms with Crippen LogP contribution in [-0.2, 0) is 13.1 Å². The summed E-state index contributed by atoms with van der Waals surface area (Å²) in [5, 5.41) is 14.0. The Morgan fingerprint density at radius 2 is 1.33 bits per heavy atom. The SMILES string of the molecule is C[C@@H]1NCCNCCCNCCN[C@H](C)c2cccc1n2.[Cl][Mn][Cl]. The number of hydrogen-bond acceptors (Lipinski definition) is 5. The maximum absolute atomic E-state index is 4.80. The number of rotatable bonds is 0. The zero-order valence-electron chi connectivity index (χ0n) is 14.4. The first-order valence-corrected chi connectivity index (χ1v) is 11.7. The maximum atomic E-state index is 4.80. The molecule has 24 heavy (non-hydrogen) atoms. The Kier molecular flexibility index (Phi) is 13.2. The number of halogens is 2. The Labute approximate surface area is 160 Å². The van der Waals surface area contributed by atoms with Gasteiger partial charge in [-0.15, -0.1) is 0 Å². The van der Waals surface area contributed by atoms with Crippen molar-refractivity contribution in [2.24, 2.45) is 0 Å². The Morgan fingerprint density at radius 1 is 0.875 bits per heavy atom. The Morgan fingerprint density at radius 3 is 1.79 bits per heavy atom. The molecule has 0 fully saturated rings. The van der Waals surface area contributed by atoms with Crippen molar-refractivity contribution in [3.8, 4) is 0 Å². The molecule has 0 spiro atoms. The molecule has 2 heterocycles. The Hall–Kier alpha value is 0.0895. The van der Waals surface area contributed by atoms with Gasteiger partial charge in [0.1, 0.15) is 0 Å². The normalized spacial score (nSPS) is 23.8. The van der Waals surface area contributed by atoms with Crippen LogP contribution >= 0.6 is 20.2 Å². The van der Waals surface area contributed by atoms with Crippen LogP contribution in [0.2, 0.25) is 0 Å². The van der Waals surface area contributed by atoms with Crippen molar-refractivity contribution < 1.29 is 13.1 Å². The summed E-state index contributed by atoms with van der Waals surface area (Å²) in [6.07, 6.45) is 1.17. The number of hydrogen-bond donors (Lipinski definition) is 4. The third-order valence-corrected chi connectivity index (χ3v) is 3.89. The van der Waals surface area contributed by atoms with Crippen molar-refractivity contribution in [1.29, 1.82) is 0 Å². The molecule has 1 aromatic rings. The summed E-state index contributed by atoms with van der Waals surface area (Å²) in [6, 6.07) is 6.88. The van der Waals surface area contributed by atoms with Gasteiger partial charge in [-0.3, -0.25) is 4.98 Å². The average Bonchev–Trinajstić information content (AvgIpc) is 2.59.